The van der Waals surface area contributed by atoms with Gasteiger partial charge >= 0.3 is 0 Å². The molecule has 0 nitrogen and oxygen atoms in total. The second-order valence-corrected chi connectivity index (χ2v) is 9.80. The Morgan fingerprint density at radius 3 is 1.90 bits per heavy atom. The summed E-state index contributed by atoms with van der Waals surface area (Å²) in [5.74, 6) is 0.714. The van der Waals surface area contributed by atoms with Crippen molar-refractivity contribution in [1.82, 2.24) is 0 Å². The van der Waals surface area contributed by atoms with Gasteiger partial charge in [0.1, 0.15) is 0 Å². The highest BCUT2D eigenvalue weighted by Crippen LogP contribution is 2.56. The Bertz CT molecular complexity index is 306. The van der Waals surface area contributed by atoms with Gasteiger partial charge in [-0.25, -0.2) is 0 Å². The van der Waals surface area contributed by atoms with Crippen LogP contribution in [-0.4, -0.2) is 17.5 Å². The number of allylic oxidation sites excluding steroid dienone is 4. The van der Waals surface area contributed by atoms with Crippen molar-refractivity contribution in [2.75, 3.05) is 12.3 Å². The van der Waals surface area contributed by atoms with E-state index >= 15 is 0 Å². The summed E-state index contributed by atoms with van der Waals surface area (Å²) in [6.07, 6.45) is 23.8. The fourth-order valence-electron chi connectivity index (χ4n) is 3.27. The van der Waals surface area contributed by atoms with Crippen molar-refractivity contribution in [2.45, 2.75) is 84.2 Å². The lowest BCUT2D eigenvalue weighted by atomic mass is 9.91. The van der Waals surface area contributed by atoms with Gasteiger partial charge in [0.05, 0.1) is 0 Å². The Hall–Kier alpha value is -0.0900. The zero-order valence-corrected chi connectivity index (χ0v) is 15.8. The van der Waals surface area contributed by atoms with Crippen molar-refractivity contribution in [3.63, 3.8) is 0 Å². The van der Waals surface area contributed by atoms with Crippen LogP contribution in [0.1, 0.15) is 79.1 Å². The van der Waals surface area contributed by atoms with Gasteiger partial charge in [0, 0.05) is 5.16 Å². The van der Waals surface area contributed by atoms with Crippen molar-refractivity contribution in [2.24, 2.45) is 5.92 Å². The number of unbranched alkanes of at least 4 members (excludes halogenated alkanes) is 6. The normalized spacial score (nSPS) is 24.9. The molecule has 0 saturated heterocycles. The lowest BCUT2D eigenvalue weighted by Crippen LogP contribution is -2.31. The molecule has 21 heavy (non-hydrogen) atoms. The smallest absolute Gasteiger partial charge is 0.0119 e. The molecule has 0 aromatic rings. The van der Waals surface area contributed by atoms with Crippen LogP contribution >= 0.6 is 7.92 Å². The topological polar surface area (TPSA) is 0 Å². The van der Waals surface area contributed by atoms with Crippen molar-refractivity contribution in [3.05, 3.63) is 24.3 Å². The highest BCUT2D eigenvalue weighted by Gasteiger charge is 2.35. The molecule has 2 unspecified atom stereocenters. The molecule has 0 N–H and O–H groups in total. The molecule has 0 aliphatic heterocycles. The third-order valence-electron chi connectivity index (χ3n) is 5.11. The molecule has 0 aromatic carbocycles. The summed E-state index contributed by atoms with van der Waals surface area (Å²) >= 11 is 0. The fraction of sp³-hybridized carbons (Fsp3) is 0.800. The highest BCUT2D eigenvalue weighted by molar-refractivity contribution is 7.59. The van der Waals surface area contributed by atoms with E-state index in [9.17, 15) is 0 Å². The van der Waals surface area contributed by atoms with Crippen LogP contribution in [-0.2, 0) is 0 Å². The second kappa shape index (κ2) is 10.6. The molecule has 0 fully saturated rings. The minimum Gasteiger partial charge on any atom is -0.0961 e. The summed E-state index contributed by atoms with van der Waals surface area (Å²) in [5, 5.41) is 0.447. The molecule has 2 atom stereocenters. The Labute approximate surface area is 135 Å². The van der Waals surface area contributed by atoms with Crippen LogP contribution in [0.15, 0.2) is 24.3 Å². The van der Waals surface area contributed by atoms with E-state index in [2.05, 4.69) is 52.0 Å². The van der Waals surface area contributed by atoms with Crippen molar-refractivity contribution < 1.29 is 0 Å². The average Bonchev–Trinajstić information content (AvgIpc) is 2.48. The molecule has 0 bridgehead atoms. The first-order valence-corrected chi connectivity index (χ1v) is 11.0. The van der Waals surface area contributed by atoms with Crippen molar-refractivity contribution in [1.29, 1.82) is 0 Å². The van der Waals surface area contributed by atoms with Gasteiger partial charge in [0.15, 0.2) is 0 Å². The Balaban J connectivity index is 2.57. The summed E-state index contributed by atoms with van der Waals surface area (Å²) in [4.78, 5) is 0. The van der Waals surface area contributed by atoms with Gasteiger partial charge in [-0.1, -0.05) is 98.4 Å². The van der Waals surface area contributed by atoms with Crippen LogP contribution in [0.3, 0.4) is 0 Å². The summed E-state index contributed by atoms with van der Waals surface area (Å²) in [6.45, 7) is 9.58. The van der Waals surface area contributed by atoms with Gasteiger partial charge in [0.25, 0.3) is 0 Å². The lowest BCUT2D eigenvalue weighted by molar-refractivity contribution is 0.581. The Kier molecular flexibility index (Phi) is 9.57. The zero-order valence-electron chi connectivity index (χ0n) is 14.9. The molecule has 0 radical (unpaired) electrons. The van der Waals surface area contributed by atoms with Crippen LogP contribution in [0.4, 0.5) is 0 Å². The largest absolute Gasteiger partial charge is 0.0961 e. The quantitative estimate of drug-likeness (QED) is 0.281. The van der Waals surface area contributed by atoms with E-state index in [1.807, 2.05) is 0 Å². The molecule has 0 heterocycles. The van der Waals surface area contributed by atoms with Crippen LogP contribution in [0.25, 0.3) is 0 Å². The standard InChI is InChI=1S/C20H37P/c1-5-7-9-13-17-21(18-14-10-8-6-2)20(4)16-12-11-15-19(20)3/h11-12,15-16,19H,5-10,13-14,17-18H2,1-4H3. The summed E-state index contributed by atoms with van der Waals surface area (Å²) in [7, 11) is 0.128. The van der Waals surface area contributed by atoms with Crippen LogP contribution in [0.5, 0.6) is 0 Å². The van der Waals surface area contributed by atoms with E-state index in [0.29, 0.717) is 11.1 Å². The van der Waals surface area contributed by atoms with Crippen molar-refractivity contribution >= 4 is 7.92 Å². The molecule has 0 saturated carbocycles. The SMILES string of the molecule is CCCCCCP(CCCCCC)C1(C)C=CC=CC1C. The molecule has 1 rings (SSSR count). The van der Waals surface area contributed by atoms with Crippen molar-refractivity contribution in [3.8, 4) is 0 Å². The molecule has 1 heteroatoms. The maximum atomic E-state index is 2.53. The van der Waals surface area contributed by atoms with Crippen LogP contribution in [0.2, 0.25) is 0 Å². The highest BCUT2D eigenvalue weighted by atomic mass is 31.1. The first-order valence-electron chi connectivity index (χ1n) is 9.26. The second-order valence-electron chi connectivity index (χ2n) is 6.87. The van der Waals surface area contributed by atoms with E-state index in [-0.39, 0.29) is 7.92 Å². The Morgan fingerprint density at radius 1 is 0.857 bits per heavy atom. The molecule has 0 spiro atoms. The zero-order chi connectivity index (χ0) is 15.6. The fourth-order valence-corrected chi connectivity index (χ4v) is 6.63. The van der Waals surface area contributed by atoms with Gasteiger partial charge in [-0.05, 0) is 31.1 Å². The molecule has 0 amide bonds. The summed E-state index contributed by atoms with van der Waals surface area (Å²) in [5.41, 5.74) is 0. The van der Waals surface area contributed by atoms with Gasteiger partial charge in [-0.2, -0.15) is 0 Å². The molecule has 0 aromatic heterocycles. The molecule has 1 aliphatic rings. The number of rotatable bonds is 11. The molecular weight excluding hydrogens is 271 g/mol. The van der Waals surface area contributed by atoms with E-state index < -0.39 is 0 Å². The van der Waals surface area contributed by atoms with E-state index in [1.54, 1.807) is 0 Å². The lowest BCUT2D eigenvalue weighted by Gasteiger charge is -2.41. The third kappa shape index (κ3) is 6.27. The van der Waals surface area contributed by atoms with E-state index in [1.165, 1.54) is 63.7 Å². The Morgan fingerprint density at radius 2 is 1.43 bits per heavy atom. The number of hydrogen-bond acceptors (Lipinski definition) is 0. The van der Waals surface area contributed by atoms with Gasteiger partial charge in [-0.15, -0.1) is 0 Å². The first-order chi connectivity index (χ1) is 10.1. The minimum absolute atomic E-state index is 0.128. The third-order valence-corrected chi connectivity index (χ3v) is 8.74. The maximum Gasteiger partial charge on any atom is 0.0119 e. The predicted octanol–water partition coefficient (Wildman–Crippen LogP) is 7.15. The van der Waals surface area contributed by atoms with Gasteiger partial charge in [0.2, 0.25) is 0 Å². The predicted molar refractivity (Wildman–Crippen MR) is 101 cm³/mol. The number of hydrogen-bond donors (Lipinski definition) is 0. The first kappa shape index (κ1) is 19.0. The minimum atomic E-state index is 0.128. The van der Waals surface area contributed by atoms with E-state index in [4.69, 9.17) is 0 Å². The van der Waals surface area contributed by atoms with E-state index in [0.717, 1.165) is 0 Å². The summed E-state index contributed by atoms with van der Waals surface area (Å²) < 4.78 is 0. The summed E-state index contributed by atoms with van der Waals surface area (Å²) in [6, 6.07) is 0. The molecular formula is C20H37P. The van der Waals surface area contributed by atoms with Gasteiger partial charge < -0.3 is 0 Å². The van der Waals surface area contributed by atoms with Crippen LogP contribution < -0.4 is 0 Å². The molecule has 122 valence electrons. The monoisotopic (exact) mass is 308 g/mol. The van der Waals surface area contributed by atoms with Crippen LogP contribution in [0, 0.1) is 5.92 Å². The van der Waals surface area contributed by atoms with Gasteiger partial charge in [-0.3, -0.25) is 0 Å². The molecule has 1 aliphatic carbocycles. The maximum absolute atomic E-state index is 2.53. The average molecular weight is 308 g/mol.